The van der Waals surface area contributed by atoms with E-state index in [-0.39, 0.29) is 11.3 Å². The van der Waals surface area contributed by atoms with Crippen LogP contribution in [0.1, 0.15) is 85.9 Å². The number of hydrogen-bond acceptors (Lipinski definition) is 5. The lowest BCUT2D eigenvalue weighted by Gasteiger charge is -2.09. The van der Waals surface area contributed by atoms with E-state index in [2.05, 4.69) is 18.6 Å². The lowest BCUT2D eigenvalue weighted by molar-refractivity contribution is 0.0324. The van der Waals surface area contributed by atoms with Crippen molar-refractivity contribution in [2.45, 2.75) is 65.2 Å². The van der Waals surface area contributed by atoms with Crippen LogP contribution in [-0.2, 0) is 4.74 Å². The maximum Gasteiger partial charge on any atom is 0.343 e. The molecule has 0 N–H and O–H groups in total. The Hall–Kier alpha value is -2.89. The van der Waals surface area contributed by atoms with Crippen molar-refractivity contribution in [3.63, 3.8) is 0 Å². The molecule has 0 heterocycles. The molecule has 6 heteroatoms. The molecular weight excluding hydrogens is 423 g/mol. The summed E-state index contributed by atoms with van der Waals surface area (Å²) in [7, 11) is 0. The number of rotatable bonds is 15. The number of carbonyl (C=O) groups is 2. The zero-order valence-electron chi connectivity index (χ0n) is 19.7. The summed E-state index contributed by atoms with van der Waals surface area (Å²) < 4.78 is 27.4. The zero-order valence-corrected chi connectivity index (χ0v) is 19.7. The molecule has 0 spiro atoms. The second-order valence-corrected chi connectivity index (χ2v) is 8.25. The van der Waals surface area contributed by atoms with Gasteiger partial charge in [0.15, 0.2) is 0 Å². The molecule has 2 aromatic carbocycles. The summed E-state index contributed by atoms with van der Waals surface area (Å²) in [6.07, 6.45) is 9.98. The van der Waals surface area contributed by atoms with Crippen LogP contribution in [0, 0.1) is 5.92 Å². The van der Waals surface area contributed by atoms with Crippen LogP contribution in [0.25, 0.3) is 0 Å². The second-order valence-electron chi connectivity index (χ2n) is 8.25. The summed E-state index contributed by atoms with van der Waals surface area (Å²) in [5, 5.41) is 0. The standard InChI is InChI=1S/C27H35FO5/c1-3-21(2)10-8-6-4-5-7-9-19-31-24-15-11-23(12-16-24)27(30)33-25-17-13-22(14-18-25)26(29)32-20-28/h11-18,21H,3-10,19-20H2,1-2H3. The van der Waals surface area contributed by atoms with Crippen molar-refractivity contribution in [3.05, 3.63) is 59.7 Å². The largest absolute Gasteiger partial charge is 0.494 e. The molecule has 0 radical (unpaired) electrons. The first-order chi connectivity index (χ1) is 16.0. The number of ether oxygens (including phenoxy) is 3. The summed E-state index contributed by atoms with van der Waals surface area (Å²) in [6, 6.07) is 12.5. The predicted octanol–water partition coefficient (Wildman–Crippen LogP) is 7.15. The van der Waals surface area contributed by atoms with Gasteiger partial charge in [0.1, 0.15) is 11.5 Å². The molecule has 0 aliphatic heterocycles. The number of esters is 2. The van der Waals surface area contributed by atoms with Gasteiger partial charge < -0.3 is 14.2 Å². The monoisotopic (exact) mass is 458 g/mol. The molecule has 0 saturated heterocycles. The Balaban J connectivity index is 1.65. The average Bonchev–Trinajstić information content (AvgIpc) is 2.83. The molecule has 0 aliphatic rings. The molecule has 33 heavy (non-hydrogen) atoms. The second kappa shape index (κ2) is 15.0. The lowest BCUT2D eigenvalue weighted by atomic mass is 10.00. The van der Waals surface area contributed by atoms with Crippen molar-refractivity contribution < 1.29 is 28.2 Å². The number of hydrogen-bond donors (Lipinski definition) is 0. The fraction of sp³-hybridized carbons (Fsp3) is 0.481. The van der Waals surface area contributed by atoms with Crippen molar-refractivity contribution in [3.8, 4) is 11.5 Å². The van der Waals surface area contributed by atoms with E-state index >= 15 is 0 Å². The topological polar surface area (TPSA) is 61.8 Å². The Morgan fingerprint density at radius 2 is 1.33 bits per heavy atom. The van der Waals surface area contributed by atoms with Crippen LogP contribution in [0.15, 0.2) is 48.5 Å². The minimum Gasteiger partial charge on any atom is -0.494 e. The molecule has 180 valence electrons. The Labute approximate surface area is 196 Å². The third kappa shape index (κ3) is 10.1. The number of halogens is 1. The van der Waals surface area contributed by atoms with Gasteiger partial charge in [-0.25, -0.2) is 14.0 Å². The third-order valence-corrected chi connectivity index (χ3v) is 5.63. The minimum absolute atomic E-state index is 0.176. The first-order valence-electron chi connectivity index (χ1n) is 11.8. The maximum atomic E-state index is 12.3. The quantitative estimate of drug-likeness (QED) is 0.161. The average molecular weight is 459 g/mol. The highest BCUT2D eigenvalue weighted by Gasteiger charge is 2.11. The summed E-state index contributed by atoms with van der Waals surface area (Å²) >= 11 is 0. The third-order valence-electron chi connectivity index (χ3n) is 5.63. The molecule has 0 fully saturated rings. The smallest absolute Gasteiger partial charge is 0.343 e. The van der Waals surface area contributed by atoms with E-state index < -0.39 is 18.8 Å². The van der Waals surface area contributed by atoms with Crippen LogP contribution in [0.5, 0.6) is 11.5 Å². The molecule has 0 aromatic heterocycles. The van der Waals surface area contributed by atoms with Crippen LogP contribution in [0.2, 0.25) is 0 Å². The molecule has 2 rings (SSSR count). The van der Waals surface area contributed by atoms with Crippen LogP contribution in [0.3, 0.4) is 0 Å². The summed E-state index contributed by atoms with van der Waals surface area (Å²) in [5.41, 5.74) is 0.566. The summed E-state index contributed by atoms with van der Waals surface area (Å²) in [6.45, 7) is 4.05. The Morgan fingerprint density at radius 1 is 0.788 bits per heavy atom. The lowest BCUT2D eigenvalue weighted by Crippen LogP contribution is -2.09. The molecule has 0 bridgehead atoms. The number of alkyl halides is 1. The first-order valence-corrected chi connectivity index (χ1v) is 11.8. The molecule has 0 saturated carbocycles. The predicted molar refractivity (Wildman–Crippen MR) is 127 cm³/mol. The fourth-order valence-corrected chi connectivity index (χ4v) is 3.34. The van der Waals surface area contributed by atoms with Crippen LogP contribution in [-0.4, -0.2) is 25.4 Å². The van der Waals surface area contributed by atoms with Gasteiger partial charge in [-0.1, -0.05) is 58.8 Å². The Morgan fingerprint density at radius 3 is 1.94 bits per heavy atom. The van der Waals surface area contributed by atoms with Crippen molar-refractivity contribution in [2.75, 3.05) is 13.5 Å². The van der Waals surface area contributed by atoms with Crippen LogP contribution < -0.4 is 9.47 Å². The number of unbranched alkanes of at least 4 members (excludes halogenated alkanes) is 5. The summed E-state index contributed by atoms with van der Waals surface area (Å²) in [5.74, 6) is 0.546. The molecule has 1 unspecified atom stereocenters. The Bertz CT molecular complexity index is 833. The van der Waals surface area contributed by atoms with Crippen molar-refractivity contribution in [1.29, 1.82) is 0 Å². The van der Waals surface area contributed by atoms with E-state index in [4.69, 9.17) is 9.47 Å². The summed E-state index contributed by atoms with van der Waals surface area (Å²) in [4.78, 5) is 23.7. The number of carbonyl (C=O) groups excluding carboxylic acids is 2. The maximum absolute atomic E-state index is 12.3. The SMILES string of the molecule is CCC(C)CCCCCCCCOc1ccc(C(=O)Oc2ccc(C(=O)OCF)cc2)cc1. The molecule has 0 amide bonds. The van der Waals surface area contributed by atoms with E-state index in [0.717, 1.165) is 24.5 Å². The Kier molecular flexibility index (Phi) is 12.0. The minimum atomic E-state index is -1.19. The molecule has 2 aromatic rings. The normalized spacial score (nSPS) is 11.6. The molecule has 5 nitrogen and oxygen atoms in total. The van der Waals surface area contributed by atoms with Gasteiger partial charge in [-0.15, -0.1) is 0 Å². The molecule has 1 atom stereocenters. The highest BCUT2D eigenvalue weighted by molar-refractivity contribution is 5.92. The van der Waals surface area contributed by atoms with E-state index in [1.165, 1.54) is 62.8 Å². The fourth-order valence-electron chi connectivity index (χ4n) is 3.34. The van der Waals surface area contributed by atoms with Crippen LogP contribution in [0.4, 0.5) is 4.39 Å². The van der Waals surface area contributed by atoms with Gasteiger partial charge in [-0.3, -0.25) is 0 Å². The van der Waals surface area contributed by atoms with Gasteiger partial charge in [-0.05, 0) is 60.9 Å². The van der Waals surface area contributed by atoms with Gasteiger partial charge in [0.2, 0.25) is 6.86 Å². The highest BCUT2D eigenvalue weighted by Crippen LogP contribution is 2.18. The highest BCUT2D eigenvalue weighted by atomic mass is 19.1. The van der Waals surface area contributed by atoms with Gasteiger partial charge in [0.05, 0.1) is 17.7 Å². The van der Waals surface area contributed by atoms with Gasteiger partial charge in [0.25, 0.3) is 0 Å². The molecule has 0 aliphatic carbocycles. The van der Waals surface area contributed by atoms with Crippen molar-refractivity contribution >= 4 is 11.9 Å². The van der Waals surface area contributed by atoms with Crippen molar-refractivity contribution in [2.24, 2.45) is 5.92 Å². The van der Waals surface area contributed by atoms with Gasteiger partial charge >= 0.3 is 11.9 Å². The van der Waals surface area contributed by atoms with Gasteiger partial charge in [-0.2, -0.15) is 0 Å². The number of benzene rings is 2. The van der Waals surface area contributed by atoms with Crippen LogP contribution >= 0.6 is 0 Å². The molecular formula is C27H35FO5. The van der Waals surface area contributed by atoms with E-state index in [1.54, 1.807) is 24.3 Å². The zero-order chi connectivity index (χ0) is 23.9. The van der Waals surface area contributed by atoms with Gasteiger partial charge in [0, 0.05) is 0 Å². The van der Waals surface area contributed by atoms with E-state index in [0.29, 0.717) is 12.2 Å². The van der Waals surface area contributed by atoms with E-state index in [1.807, 2.05) is 0 Å². The first kappa shape index (κ1) is 26.4. The van der Waals surface area contributed by atoms with Crippen molar-refractivity contribution in [1.82, 2.24) is 0 Å². The van der Waals surface area contributed by atoms with E-state index in [9.17, 15) is 14.0 Å².